The van der Waals surface area contributed by atoms with E-state index in [0.29, 0.717) is 18.8 Å². The lowest BCUT2D eigenvalue weighted by molar-refractivity contribution is -0.134. The highest BCUT2D eigenvalue weighted by Crippen LogP contribution is 2.32. The van der Waals surface area contributed by atoms with Crippen molar-refractivity contribution in [2.24, 2.45) is 0 Å². The summed E-state index contributed by atoms with van der Waals surface area (Å²) in [5.74, 6) is 0.00617. The second-order valence-corrected chi connectivity index (χ2v) is 5.86. The number of imide groups is 1. The van der Waals surface area contributed by atoms with Crippen molar-refractivity contribution in [2.45, 2.75) is 56.8 Å². The van der Waals surface area contributed by atoms with E-state index in [1.165, 1.54) is 32.1 Å². The van der Waals surface area contributed by atoms with E-state index in [1.54, 1.807) is 0 Å². The maximum atomic E-state index is 11.8. The minimum Gasteiger partial charge on any atom is -0.296 e. The molecule has 2 aliphatic rings. The number of pyridine rings is 1. The molecule has 1 N–H and O–H groups in total. The monoisotopic (exact) mass is 272 g/mol. The highest BCUT2D eigenvalue weighted by atomic mass is 16.2. The Morgan fingerprint density at radius 1 is 1.05 bits per heavy atom. The number of hydrogen-bond donors (Lipinski definition) is 1. The van der Waals surface area contributed by atoms with Gasteiger partial charge in [0.2, 0.25) is 11.8 Å². The van der Waals surface area contributed by atoms with E-state index in [2.05, 4.69) is 16.4 Å². The Kier molecular flexibility index (Phi) is 3.81. The molecule has 2 fully saturated rings. The number of carbonyl (C=O) groups excluding carboxylic acids is 2. The zero-order valence-corrected chi connectivity index (χ0v) is 11.6. The van der Waals surface area contributed by atoms with Gasteiger partial charge in [-0.2, -0.15) is 0 Å². The van der Waals surface area contributed by atoms with Crippen LogP contribution in [0.3, 0.4) is 0 Å². The van der Waals surface area contributed by atoms with Crippen molar-refractivity contribution in [3.8, 4) is 0 Å². The van der Waals surface area contributed by atoms with Gasteiger partial charge in [-0.1, -0.05) is 25.3 Å². The van der Waals surface area contributed by atoms with Crippen LogP contribution in [0, 0.1) is 0 Å². The number of nitrogens with zero attached hydrogens (tertiary/aromatic N) is 1. The molecule has 1 atom stereocenters. The number of nitrogens with one attached hydrogen (secondary N) is 1. The Bertz CT molecular complexity index is 504. The fourth-order valence-electron chi connectivity index (χ4n) is 3.27. The lowest BCUT2D eigenvalue weighted by atomic mass is 9.86. The van der Waals surface area contributed by atoms with Crippen LogP contribution in [0.25, 0.3) is 0 Å². The highest BCUT2D eigenvalue weighted by Gasteiger charge is 2.28. The third-order valence-electron chi connectivity index (χ3n) is 4.47. The van der Waals surface area contributed by atoms with Gasteiger partial charge in [0.25, 0.3) is 0 Å². The average molecular weight is 272 g/mol. The number of carbonyl (C=O) groups is 2. The second kappa shape index (κ2) is 5.73. The number of piperidine rings is 1. The molecule has 1 saturated carbocycles. The molecule has 0 aromatic carbocycles. The standard InChI is InChI=1S/C16H20N2O2/c19-15-9-7-13(16(20)18-15)12-6-8-14(17-10-12)11-4-2-1-3-5-11/h6,8,10-11,13H,1-5,7,9H2,(H,18,19,20). The smallest absolute Gasteiger partial charge is 0.234 e. The molecule has 106 valence electrons. The topological polar surface area (TPSA) is 59.1 Å². The van der Waals surface area contributed by atoms with E-state index >= 15 is 0 Å². The van der Waals surface area contributed by atoms with Gasteiger partial charge in [-0.15, -0.1) is 0 Å². The molecule has 2 amide bonds. The van der Waals surface area contributed by atoms with E-state index in [9.17, 15) is 9.59 Å². The fourth-order valence-corrected chi connectivity index (χ4v) is 3.27. The number of amides is 2. The SMILES string of the molecule is O=C1CCC(c2ccc(C3CCCCC3)nc2)C(=O)N1. The number of aromatic nitrogens is 1. The summed E-state index contributed by atoms with van der Waals surface area (Å²) in [5.41, 5.74) is 2.08. The molecule has 1 aromatic rings. The average Bonchev–Trinajstić information content (AvgIpc) is 2.48. The maximum absolute atomic E-state index is 11.8. The molecule has 1 aromatic heterocycles. The predicted molar refractivity (Wildman–Crippen MR) is 75.2 cm³/mol. The van der Waals surface area contributed by atoms with Gasteiger partial charge in [0.15, 0.2) is 0 Å². The first kappa shape index (κ1) is 13.3. The molecular formula is C16H20N2O2. The molecule has 1 saturated heterocycles. The Hall–Kier alpha value is -1.71. The van der Waals surface area contributed by atoms with Gasteiger partial charge >= 0.3 is 0 Å². The molecule has 0 spiro atoms. The lowest BCUT2D eigenvalue weighted by Crippen LogP contribution is -2.39. The second-order valence-electron chi connectivity index (χ2n) is 5.86. The molecule has 20 heavy (non-hydrogen) atoms. The van der Waals surface area contributed by atoms with E-state index < -0.39 is 0 Å². The van der Waals surface area contributed by atoms with Crippen LogP contribution in [-0.2, 0) is 9.59 Å². The van der Waals surface area contributed by atoms with Crippen LogP contribution in [-0.4, -0.2) is 16.8 Å². The first-order valence-corrected chi connectivity index (χ1v) is 7.53. The predicted octanol–water partition coefficient (Wildman–Crippen LogP) is 2.65. The molecule has 4 nitrogen and oxygen atoms in total. The summed E-state index contributed by atoms with van der Waals surface area (Å²) in [6, 6.07) is 4.08. The van der Waals surface area contributed by atoms with Gasteiger partial charge < -0.3 is 0 Å². The summed E-state index contributed by atoms with van der Waals surface area (Å²) >= 11 is 0. The summed E-state index contributed by atoms with van der Waals surface area (Å²) in [5, 5.41) is 2.40. The van der Waals surface area contributed by atoms with Crippen molar-refractivity contribution in [3.63, 3.8) is 0 Å². The van der Waals surface area contributed by atoms with Crippen molar-refractivity contribution >= 4 is 11.8 Å². The van der Waals surface area contributed by atoms with Gasteiger partial charge in [0.1, 0.15) is 0 Å². The van der Waals surface area contributed by atoms with E-state index in [4.69, 9.17) is 0 Å². The quantitative estimate of drug-likeness (QED) is 0.842. The molecule has 0 radical (unpaired) electrons. The highest BCUT2D eigenvalue weighted by molar-refractivity contribution is 6.00. The molecular weight excluding hydrogens is 252 g/mol. The summed E-state index contributed by atoms with van der Waals surface area (Å²) in [4.78, 5) is 27.6. The van der Waals surface area contributed by atoms with Crippen LogP contribution in [0.4, 0.5) is 0 Å². The first-order valence-electron chi connectivity index (χ1n) is 7.53. The molecule has 4 heteroatoms. The van der Waals surface area contributed by atoms with E-state index in [-0.39, 0.29) is 17.7 Å². The van der Waals surface area contributed by atoms with E-state index in [1.807, 2.05) is 12.3 Å². The Labute approximate surface area is 119 Å². The first-order chi connectivity index (χ1) is 9.74. The zero-order valence-electron chi connectivity index (χ0n) is 11.6. The molecule has 0 bridgehead atoms. The minimum atomic E-state index is -0.222. The molecule has 2 heterocycles. The van der Waals surface area contributed by atoms with Crippen molar-refractivity contribution in [1.82, 2.24) is 10.3 Å². The Balaban J connectivity index is 1.72. The van der Waals surface area contributed by atoms with Gasteiger partial charge in [0, 0.05) is 24.2 Å². The number of hydrogen-bond acceptors (Lipinski definition) is 3. The Morgan fingerprint density at radius 2 is 1.85 bits per heavy atom. The van der Waals surface area contributed by atoms with Crippen molar-refractivity contribution in [2.75, 3.05) is 0 Å². The molecule has 1 unspecified atom stereocenters. The molecule has 1 aliphatic heterocycles. The van der Waals surface area contributed by atoms with Crippen molar-refractivity contribution in [1.29, 1.82) is 0 Å². The van der Waals surface area contributed by atoms with Crippen molar-refractivity contribution < 1.29 is 9.59 Å². The van der Waals surface area contributed by atoms with E-state index in [0.717, 1.165) is 11.3 Å². The normalized spacial score (nSPS) is 24.5. The summed E-state index contributed by atoms with van der Waals surface area (Å²) < 4.78 is 0. The van der Waals surface area contributed by atoms with Crippen LogP contribution >= 0.6 is 0 Å². The zero-order chi connectivity index (χ0) is 13.9. The molecule has 3 rings (SSSR count). The summed E-state index contributed by atoms with van der Waals surface area (Å²) in [7, 11) is 0. The largest absolute Gasteiger partial charge is 0.296 e. The van der Waals surface area contributed by atoms with Crippen LogP contribution in [0.15, 0.2) is 18.3 Å². The summed E-state index contributed by atoms with van der Waals surface area (Å²) in [6.45, 7) is 0. The Morgan fingerprint density at radius 3 is 2.50 bits per heavy atom. The third-order valence-corrected chi connectivity index (χ3v) is 4.47. The van der Waals surface area contributed by atoms with Crippen LogP contribution < -0.4 is 5.32 Å². The van der Waals surface area contributed by atoms with Gasteiger partial charge in [-0.05, 0) is 30.9 Å². The maximum Gasteiger partial charge on any atom is 0.234 e. The fraction of sp³-hybridized carbons (Fsp3) is 0.562. The van der Waals surface area contributed by atoms with Gasteiger partial charge in [0.05, 0.1) is 5.92 Å². The van der Waals surface area contributed by atoms with Crippen LogP contribution in [0.5, 0.6) is 0 Å². The summed E-state index contributed by atoms with van der Waals surface area (Å²) in [6.07, 6.45) is 9.21. The van der Waals surface area contributed by atoms with Gasteiger partial charge in [-0.25, -0.2) is 0 Å². The van der Waals surface area contributed by atoms with Crippen LogP contribution in [0.1, 0.15) is 68.0 Å². The lowest BCUT2D eigenvalue weighted by Gasteiger charge is -2.23. The number of rotatable bonds is 2. The van der Waals surface area contributed by atoms with Crippen LogP contribution in [0.2, 0.25) is 0 Å². The van der Waals surface area contributed by atoms with Crippen molar-refractivity contribution in [3.05, 3.63) is 29.6 Å². The third kappa shape index (κ3) is 2.74. The van der Waals surface area contributed by atoms with Gasteiger partial charge in [-0.3, -0.25) is 19.9 Å². The minimum absolute atomic E-state index is 0.168. The molecule has 1 aliphatic carbocycles.